The van der Waals surface area contributed by atoms with Gasteiger partial charge in [-0.1, -0.05) is 20.8 Å². The number of ether oxygens (including phenoxy) is 1. The Morgan fingerprint density at radius 3 is 2.83 bits per heavy atom. The van der Waals surface area contributed by atoms with Crippen molar-refractivity contribution >= 4 is 5.96 Å². The number of aliphatic imine (C=N–C) groups is 1. The highest BCUT2D eigenvalue weighted by molar-refractivity contribution is 5.79. The Balaban J connectivity index is 1.94. The minimum Gasteiger partial charge on any atom is -0.377 e. The normalized spacial score (nSPS) is 22.5. The van der Waals surface area contributed by atoms with E-state index in [4.69, 9.17) is 4.74 Å². The fourth-order valence-electron chi connectivity index (χ4n) is 3.37. The van der Waals surface area contributed by atoms with E-state index in [2.05, 4.69) is 46.1 Å². The molecule has 1 aromatic rings. The summed E-state index contributed by atoms with van der Waals surface area (Å²) in [5.41, 5.74) is 0.154. The van der Waals surface area contributed by atoms with Gasteiger partial charge in [-0.2, -0.15) is 5.10 Å². The average molecular weight is 336 g/mol. The summed E-state index contributed by atoms with van der Waals surface area (Å²) in [5.74, 6) is 2.28. The van der Waals surface area contributed by atoms with Crippen LogP contribution in [0.3, 0.4) is 0 Å². The lowest BCUT2D eigenvalue weighted by Crippen LogP contribution is -2.47. The van der Waals surface area contributed by atoms with Crippen molar-refractivity contribution in [2.75, 3.05) is 27.2 Å². The largest absolute Gasteiger partial charge is 0.377 e. The molecule has 0 amide bonds. The Morgan fingerprint density at radius 2 is 2.25 bits per heavy atom. The van der Waals surface area contributed by atoms with Crippen molar-refractivity contribution < 1.29 is 4.74 Å². The average Bonchev–Trinajstić information content (AvgIpc) is 2.92. The molecule has 136 valence electrons. The summed E-state index contributed by atoms with van der Waals surface area (Å²) in [7, 11) is 5.73. The van der Waals surface area contributed by atoms with E-state index in [9.17, 15) is 0 Å². The van der Waals surface area contributed by atoms with Crippen LogP contribution in [0.1, 0.15) is 39.4 Å². The predicted octanol–water partition coefficient (Wildman–Crippen LogP) is 1.66. The van der Waals surface area contributed by atoms with Crippen molar-refractivity contribution in [1.82, 2.24) is 25.0 Å². The molecule has 1 N–H and O–H groups in total. The molecule has 0 radical (unpaired) electrons. The quantitative estimate of drug-likeness (QED) is 0.669. The molecule has 0 saturated carbocycles. The summed E-state index contributed by atoms with van der Waals surface area (Å²) in [4.78, 5) is 10.7. The first kappa shape index (κ1) is 18.7. The van der Waals surface area contributed by atoms with E-state index >= 15 is 0 Å². The van der Waals surface area contributed by atoms with Gasteiger partial charge in [0.15, 0.2) is 5.96 Å². The van der Waals surface area contributed by atoms with E-state index in [1.807, 2.05) is 21.1 Å². The van der Waals surface area contributed by atoms with Crippen molar-refractivity contribution in [3.63, 3.8) is 0 Å². The second-order valence-electron chi connectivity index (χ2n) is 7.64. The van der Waals surface area contributed by atoms with Gasteiger partial charge < -0.3 is 15.0 Å². The van der Waals surface area contributed by atoms with Crippen LogP contribution in [0.2, 0.25) is 0 Å². The Morgan fingerprint density at radius 1 is 1.50 bits per heavy atom. The van der Waals surface area contributed by atoms with Crippen LogP contribution in [-0.2, 0) is 18.3 Å². The van der Waals surface area contributed by atoms with Crippen molar-refractivity contribution in [1.29, 1.82) is 0 Å². The molecule has 2 heterocycles. The Kier molecular flexibility index (Phi) is 6.21. The smallest absolute Gasteiger partial charge is 0.193 e. The zero-order valence-electron chi connectivity index (χ0n) is 15.9. The van der Waals surface area contributed by atoms with Gasteiger partial charge in [-0.3, -0.25) is 9.67 Å². The van der Waals surface area contributed by atoms with E-state index in [1.165, 1.54) is 6.42 Å². The van der Waals surface area contributed by atoms with Crippen LogP contribution < -0.4 is 5.32 Å². The van der Waals surface area contributed by atoms with Gasteiger partial charge in [-0.25, -0.2) is 4.98 Å². The number of hydrogen-bond acceptors (Lipinski definition) is 4. The third kappa shape index (κ3) is 4.69. The lowest BCUT2D eigenvalue weighted by molar-refractivity contribution is -0.0836. The lowest BCUT2D eigenvalue weighted by atomic mass is 9.78. The molecular weight excluding hydrogens is 304 g/mol. The molecule has 2 atom stereocenters. The van der Waals surface area contributed by atoms with Crippen LogP contribution in [-0.4, -0.2) is 59.0 Å². The third-order valence-corrected chi connectivity index (χ3v) is 4.58. The lowest BCUT2D eigenvalue weighted by Gasteiger charge is -2.40. The summed E-state index contributed by atoms with van der Waals surface area (Å²) in [5, 5.41) is 7.62. The first-order valence-corrected chi connectivity index (χ1v) is 8.69. The molecule has 0 aliphatic carbocycles. The SMILES string of the molecule is CN=C(NCC1CCCOC1C(C)(C)C)N(C)Cc1ncnn1C. The number of nitrogens with zero attached hydrogens (tertiary/aromatic N) is 5. The van der Waals surface area contributed by atoms with Crippen LogP contribution in [0.15, 0.2) is 11.3 Å². The molecule has 0 spiro atoms. The molecule has 7 nitrogen and oxygen atoms in total. The molecule has 1 aliphatic heterocycles. The molecule has 1 fully saturated rings. The second kappa shape index (κ2) is 7.96. The number of nitrogens with one attached hydrogen (secondary N) is 1. The van der Waals surface area contributed by atoms with Crippen molar-refractivity contribution in [3.05, 3.63) is 12.2 Å². The van der Waals surface area contributed by atoms with Crippen LogP contribution in [0, 0.1) is 11.3 Å². The number of hydrogen-bond donors (Lipinski definition) is 1. The summed E-state index contributed by atoms with van der Waals surface area (Å²) in [6.45, 7) is 9.18. The van der Waals surface area contributed by atoms with Crippen molar-refractivity contribution in [2.24, 2.45) is 23.4 Å². The molecule has 1 saturated heterocycles. The minimum absolute atomic E-state index is 0.154. The fourth-order valence-corrected chi connectivity index (χ4v) is 3.37. The van der Waals surface area contributed by atoms with Crippen LogP contribution >= 0.6 is 0 Å². The minimum atomic E-state index is 0.154. The van der Waals surface area contributed by atoms with E-state index in [1.54, 1.807) is 11.0 Å². The first-order chi connectivity index (χ1) is 11.3. The van der Waals surface area contributed by atoms with Crippen LogP contribution in [0.4, 0.5) is 0 Å². The monoisotopic (exact) mass is 336 g/mol. The number of aromatic nitrogens is 3. The van der Waals surface area contributed by atoms with Crippen molar-refractivity contribution in [3.8, 4) is 0 Å². The molecule has 2 rings (SSSR count). The van der Waals surface area contributed by atoms with E-state index in [0.29, 0.717) is 12.5 Å². The maximum Gasteiger partial charge on any atom is 0.193 e. The predicted molar refractivity (Wildman–Crippen MR) is 95.8 cm³/mol. The summed E-state index contributed by atoms with van der Waals surface area (Å²) >= 11 is 0. The second-order valence-corrected chi connectivity index (χ2v) is 7.64. The maximum atomic E-state index is 6.07. The van der Waals surface area contributed by atoms with E-state index < -0.39 is 0 Å². The Bertz CT molecular complexity index is 548. The molecule has 1 aromatic heterocycles. The molecule has 0 aromatic carbocycles. The summed E-state index contributed by atoms with van der Waals surface area (Å²) in [6, 6.07) is 0. The molecule has 2 unspecified atom stereocenters. The molecular formula is C17H32N6O. The van der Waals surface area contributed by atoms with E-state index in [-0.39, 0.29) is 11.5 Å². The molecule has 0 bridgehead atoms. The molecule has 7 heteroatoms. The van der Waals surface area contributed by atoms with E-state index in [0.717, 1.165) is 31.4 Å². The zero-order valence-corrected chi connectivity index (χ0v) is 15.9. The topological polar surface area (TPSA) is 67.6 Å². The van der Waals surface area contributed by atoms with Gasteiger partial charge in [0.2, 0.25) is 0 Å². The van der Waals surface area contributed by atoms with Crippen molar-refractivity contribution in [2.45, 2.75) is 46.3 Å². The highest BCUT2D eigenvalue weighted by atomic mass is 16.5. The van der Waals surface area contributed by atoms with Gasteiger partial charge in [0, 0.05) is 40.2 Å². The van der Waals surface area contributed by atoms with Gasteiger partial charge in [0.05, 0.1) is 12.6 Å². The molecule has 1 aliphatic rings. The summed E-state index contributed by atoms with van der Waals surface area (Å²) in [6.07, 6.45) is 4.18. The maximum absolute atomic E-state index is 6.07. The number of rotatable bonds is 4. The Hall–Kier alpha value is -1.63. The zero-order chi connectivity index (χ0) is 17.7. The van der Waals surface area contributed by atoms with Gasteiger partial charge in [0.1, 0.15) is 12.2 Å². The molecule has 24 heavy (non-hydrogen) atoms. The summed E-state index contributed by atoms with van der Waals surface area (Å²) < 4.78 is 7.85. The number of aryl methyl sites for hydroxylation is 1. The van der Waals surface area contributed by atoms with Gasteiger partial charge in [-0.15, -0.1) is 0 Å². The van der Waals surface area contributed by atoms with Gasteiger partial charge in [0.25, 0.3) is 0 Å². The van der Waals surface area contributed by atoms with Gasteiger partial charge >= 0.3 is 0 Å². The number of guanidine groups is 1. The highest BCUT2D eigenvalue weighted by Crippen LogP contribution is 2.33. The first-order valence-electron chi connectivity index (χ1n) is 8.69. The van der Waals surface area contributed by atoms with Crippen LogP contribution in [0.25, 0.3) is 0 Å². The highest BCUT2D eigenvalue weighted by Gasteiger charge is 2.35. The van der Waals surface area contributed by atoms with Gasteiger partial charge in [-0.05, 0) is 18.3 Å². The standard InChI is InChI=1S/C17H32N6O/c1-17(2,3)15-13(8-7-9-24-15)10-19-16(18-4)22(5)11-14-20-12-21-23(14)6/h12-13,15H,7-11H2,1-6H3,(H,18,19). The van der Waals surface area contributed by atoms with Crippen LogP contribution in [0.5, 0.6) is 0 Å². The fraction of sp³-hybridized carbons (Fsp3) is 0.824. The Labute approximate surface area is 145 Å². The third-order valence-electron chi connectivity index (χ3n) is 4.58.